The first-order chi connectivity index (χ1) is 5.70. The lowest BCUT2D eigenvalue weighted by molar-refractivity contribution is 0.153. The van der Waals surface area contributed by atoms with Gasteiger partial charge in [-0.15, -0.1) is 0 Å². The Morgan fingerprint density at radius 2 is 2.42 bits per heavy atom. The standard InChI is InChI=1S/C9H19NOS/c1-8(11)3-5-10(2)9-4-6-12-7-9/h8-9,11H,3-7H2,1-2H3. The molecule has 2 unspecified atom stereocenters. The summed E-state index contributed by atoms with van der Waals surface area (Å²) in [6.07, 6.45) is 2.07. The van der Waals surface area contributed by atoms with Crippen LogP contribution in [0.15, 0.2) is 0 Å². The molecule has 12 heavy (non-hydrogen) atoms. The fourth-order valence-electron chi connectivity index (χ4n) is 1.44. The molecule has 2 atom stereocenters. The number of hydrogen-bond donors (Lipinski definition) is 1. The van der Waals surface area contributed by atoms with Crippen LogP contribution in [0.4, 0.5) is 0 Å². The van der Waals surface area contributed by atoms with Gasteiger partial charge in [0.2, 0.25) is 0 Å². The van der Waals surface area contributed by atoms with Gasteiger partial charge in [-0.05, 0) is 32.6 Å². The van der Waals surface area contributed by atoms with Gasteiger partial charge >= 0.3 is 0 Å². The molecule has 0 aliphatic carbocycles. The Balaban J connectivity index is 2.13. The van der Waals surface area contributed by atoms with Crippen LogP contribution in [0, 0.1) is 0 Å². The molecule has 1 heterocycles. The van der Waals surface area contributed by atoms with E-state index < -0.39 is 0 Å². The summed E-state index contributed by atoms with van der Waals surface area (Å²) in [6.45, 7) is 2.89. The van der Waals surface area contributed by atoms with Gasteiger partial charge in [0, 0.05) is 18.3 Å². The highest BCUT2D eigenvalue weighted by molar-refractivity contribution is 7.99. The van der Waals surface area contributed by atoms with E-state index in [4.69, 9.17) is 5.11 Å². The molecule has 1 N–H and O–H groups in total. The molecule has 72 valence electrons. The fourth-order valence-corrected chi connectivity index (χ4v) is 2.74. The molecular weight excluding hydrogens is 170 g/mol. The van der Waals surface area contributed by atoms with Crippen molar-refractivity contribution >= 4 is 11.8 Å². The number of aliphatic hydroxyl groups excluding tert-OH is 1. The van der Waals surface area contributed by atoms with Gasteiger partial charge in [-0.2, -0.15) is 11.8 Å². The first kappa shape index (κ1) is 10.4. The highest BCUT2D eigenvalue weighted by Gasteiger charge is 2.19. The first-order valence-electron chi connectivity index (χ1n) is 4.66. The summed E-state index contributed by atoms with van der Waals surface area (Å²) >= 11 is 2.04. The summed E-state index contributed by atoms with van der Waals surface area (Å²) in [6, 6.07) is 0.758. The van der Waals surface area contributed by atoms with Gasteiger partial charge < -0.3 is 10.0 Å². The third-order valence-corrected chi connectivity index (χ3v) is 3.57. The second-order valence-electron chi connectivity index (χ2n) is 3.64. The van der Waals surface area contributed by atoms with E-state index in [1.807, 2.05) is 18.7 Å². The van der Waals surface area contributed by atoms with Crippen molar-refractivity contribution in [1.29, 1.82) is 0 Å². The average molecular weight is 189 g/mol. The largest absolute Gasteiger partial charge is 0.393 e. The van der Waals surface area contributed by atoms with E-state index >= 15 is 0 Å². The number of nitrogens with zero attached hydrogens (tertiary/aromatic N) is 1. The number of aliphatic hydroxyl groups is 1. The zero-order valence-electron chi connectivity index (χ0n) is 7.99. The predicted octanol–water partition coefficient (Wildman–Crippen LogP) is 1.19. The number of thioether (sulfide) groups is 1. The highest BCUT2D eigenvalue weighted by atomic mass is 32.2. The summed E-state index contributed by atoms with van der Waals surface area (Å²) in [5.74, 6) is 2.58. The third kappa shape index (κ3) is 3.33. The van der Waals surface area contributed by atoms with Crippen LogP contribution in [0.25, 0.3) is 0 Å². The molecule has 0 aromatic carbocycles. The molecule has 0 bridgehead atoms. The first-order valence-corrected chi connectivity index (χ1v) is 5.81. The maximum Gasteiger partial charge on any atom is 0.0524 e. The Bertz CT molecular complexity index is 124. The van der Waals surface area contributed by atoms with Gasteiger partial charge in [-0.25, -0.2) is 0 Å². The monoisotopic (exact) mass is 189 g/mol. The molecule has 0 spiro atoms. The zero-order valence-corrected chi connectivity index (χ0v) is 8.81. The molecule has 2 nitrogen and oxygen atoms in total. The lowest BCUT2D eigenvalue weighted by Crippen LogP contribution is -2.33. The molecule has 1 fully saturated rings. The van der Waals surface area contributed by atoms with Gasteiger partial charge in [-0.1, -0.05) is 0 Å². The van der Waals surface area contributed by atoms with Gasteiger partial charge in [-0.3, -0.25) is 0 Å². The van der Waals surface area contributed by atoms with Crippen LogP contribution in [-0.4, -0.2) is 47.3 Å². The van der Waals surface area contributed by atoms with Crippen LogP contribution >= 0.6 is 11.8 Å². The number of hydrogen-bond acceptors (Lipinski definition) is 3. The van der Waals surface area contributed by atoms with E-state index in [0.29, 0.717) is 0 Å². The second-order valence-corrected chi connectivity index (χ2v) is 4.79. The third-order valence-electron chi connectivity index (χ3n) is 2.43. The molecule has 0 saturated carbocycles. The van der Waals surface area contributed by atoms with Crippen molar-refractivity contribution in [1.82, 2.24) is 4.90 Å². The van der Waals surface area contributed by atoms with Gasteiger partial charge in [0.15, 0.2) is 0 Å². The Labute approximate surface area is 79.3 Å². The van der Waals surface area contributed by atoms with Crippen molar-refractivity contribution in [3.8, 4) is 0 Å². The fraction of sp³-hybridized carbons (Fsp3) is 1.00. The summed E-state index contributed by atoms with van der Waals surface area (Å²) in [4.78, 5) is 2.38. The van der Waals surface area contributed by atoms with Crippen molar-refractivity contribution in [3.05, 3.63) is 0 Å². The maximum absolute atomic E-state index is 9.11. The summed E-state index contributed by atoms with van der Waals surface area (Å²) in [5.41, 5.74) is 0. The van der Waals surface area contributed by atoms with E-state index in [1.54, 1.807) is 0 Å². The van der Waals surface area contributed by atoms with E-state index in [9.17, 15) is 0 Å². The zero-order chi connectivity index (χ0) is 8.97. The topological polar surface area (TPSA) is 23.5 Å². The van der Waals surface area contributed by atoms with E-state index in [1.165, 1.54) is 17.9 Å². The van der Waals surface area contributed by atoms with Crippen molar-refractivity contribution in [2.75, 3.05) is 25.1 Å². The van der Waals surface area contributed by atoms with E-state index in [-0.39, 0.29) is 6.10 Å². The van der Waals surface area contributed by atoms with Crippen molar-refractivity contribution < 1.29 is 5.11 Å². The molecule has 0 radical (unpaired) electrons. The van der Waals surface area contributed by atoms with Gasteiger partial charge in [0.1, 0.15) is 0 Å². The molecule has 1 saturated heterocycles. The van der Waals surface area contributed by atoms with Crippen LogP contribution in [0.3, 0.4) is 0 Å². The molecule has 3 heteroatoms. The van der Waals surface area contributed by atoms with Crippen LogP contribution in [-0.2, 0) is 0 Å². The molecule has 1 rings (SSSR count). The van der Waals surface area contributed by atoms with Crippen molar-refractivity contribution in [2.45, 2.75) is 31.9 Å². The second kappa shape index (κ2) is 5.10. The quantitative estimate of drug-likeness (QED) is 0.719. The highest BCUT2D eigenvalue weighted by Crippen LogP contribution is 2.21. The van der Waals surface area contributed by atoms with Crippen molar-refractivity contribution in [2.24, 2.45) is 0 Å². The SMILES string of the molecule is CC(O)CCN(C)C1CCSC1. The molecule has 1 aliphatic heterocycles. The average Bonchev–Trinajstić information content (AvgIpc) is 2.51. The predicted molar refractivity (Wildman–Crippen MR) is 54.7 cm³/mol. The van der Waals surface area contributed by atoms with Crippen LogP contribution < -0.4 is 0 Å². The Morgan fingerprint density at radius 3 is 2.92 bits per heavy atom. The van der Waals surface area contributed by atoms with Gasteiger partial charge in [0.05, 0.1) is 6.10 Å². The van der Waals surface area contributed by atoms with Crippen LogP contribution in [0.5, 0.6) is 0 Å². The summed E-state index contributed by atoms with van der Waals surface area (Å²) in [7, 11) is 2.17. The minimum Gasteiger partial charge on any atom is -0.393 e. The molecule has 0 amide bonds. The normalized spacial score (nSPS) is 26.5. The molecule has 1 aliphatic rings. The molecule has 0 aromatic heterocycles. The van der Waals surface area contributed by atoms with Crippen LogP contribution in [0.1, 0.15) is 19.8 Å². The Hall–Kier alpha value is 0.270. The smallest absolute Gasteiger partial charge is 0.0524 e. The minimum atomic E-state index is -0.151. The van der Waals surface area contributed by atoms with E-state index in [2.05, 4.69) is 11.9 Å². The van der Waals surface area contributed by atoms with Gasteiger partial charge in [0.25, 0.3) is 0 Å². The Morgan fingerprint density at radius 1 is 1.67 bits per heavy atom. The Kier molecular flexibility index (Phi) is 4.40. The van der Waals surface area contributed by atoms with E-state index in [0.717, 1.165) is 19.0 Å². The summed E-state index contributed by atoms with van der Waals surface area (Å²) < 4.78 is 0. The maximum atomic E-state index is 9.11. The minimum absolute atomic E-state index is 0.151. The molecular formula is C9H19NOS. The molecule has 0 aromatic rings. The van der Waals surface area contributed by atoms with Crippen molar-refractivity contribution in [3.63, 3.8) is 0 Å². The lowest BCUT2D eigenvalue weighted by Gasteiger charge is -2.23. The number of rotatable bonds is 4. The summed E-state index contributed by atoms with van der Waals surface area (Å²) in [5, 5.41) is 9.11. The lowest BCUT2D eigenvalue weighted by atomic mass is 10.2. The van der Waals surface area contributed by atoms with Crippen LogP contribution in [0.2, 0.25) is 0 Å².